The Labute approximate surface area is 123 Å². The molecule has 0 aliphatic carbocycles. The molecule has 7 heteroatoms. The molecule has 0 atom stereocenters. The van der Waals surface area contributed by atoms with Gasteiger partial charge in [0, 0.05) is 18.3 Å². The molecule has 0 radical (unpaired) electrons. The average molecular weight is 289 g/mol. The van der Waals surface area contributed by atoms with Crippen molar-refractivity contribution in [1.82, 2.24) is 14.8 Å². The van der Waals surface area contributed by atoms with Gasteiger partial charge in [-0.3, -0.25) is 10.1 Å². The summed E-state index contributed by atoms with van der Waals surface area (Å²) in [6.07, 6.45) is 1.51. The van der Waals surface area contributed by atoms with Crippen LogP contribution in [0.1, 0.15) is 32.2 Å². The Morgan fingerprint density at radius 3 is 2.62 bits per heavy atom. The van der Waals surface area contributed by atoms with E-state index in [-0.39, 0.29) is 11.5 Å². The van der Waals surface area contributed by atoms with E-state index < -0.39 is 4.92 Å². The Morgan fingerprint density at radius 2 is 2.05 bits per heavy atom. The summed E-state index contributed by atoms with van der Waals surface area (Å²) in [5, 5.41) is 18.7. The lowest BCUT2D eigenvalue weighted by Gasteiger charge is -2.08. The maximum atomic E-state index is 11.2. The average Bonchev–Trinajstić information content (AvgIpc) is 2.90. The minimum atomic E-state index is -0.426. The largest absolute Gasteiger partial charge is 0.370 e. The number of rotatable bonds is 6. The first-order chi connectivity index (χ1) is 10.1. The van der Waals surface area contributed by atoms with E-state index in [1.165, 1.54) is 6.07 Å². The smallest absolute Gasteiger partial charge is 0.313 e. The van der Waals surface area contributed by atoms with Gasteiger partial charge in [0.05, 0.1) is 10.6 Å². The first-order valence-electron chi connectivity index (χ1n) is 7.08. The highest BCUT2D eigenvalue weighted by Crippen LogP contribution is 2.24. The number of pyridine rings is 1. The number of hydrogen-bond donors (Lipinski definition) is 1. The molecule has 2 aromatic heterocycles. The van der Waals surface area contributed by atoms with Crippen molar-refractivity contribution in [2.24, 2.45) is 0 Å². The van der Waals surface area contributed by atoms with E-state index in [2.05, 4.69) is 15.4 Å². The van der Waals surface area contributed by atoms with E-state index in [9.17, 15) is 10.1 Å². The van der Waals surface area contributed by atoms with Crippen LogP contribution < -0.4 is 5.32 Å². The van der Waals surface area contributed by atoms with Crippen molar-refractivity contribution in [3.8, 4) is 5.82 Å². The zero-order valence-corrected chi connectivity index (χ0v) is 12.5. The lowest BCUT2D eigenvalue weighted by Crippen LogP contribution is -2.10. The third-order valence-electron chi connectivity index (χ3n) is 3.17. The van der Waals surface area contributed by atoms with Gasteiger partial charge in [0.15, 0.2) is 0 Å². The normalized spacial score (nSPS) is 10.6. The fourth-order valence-electron chi connectivity index (χ4n) is 2.10. The van der Waals surface area contributed by atoms with Crippen LogP contribution in [-0.4, -0.2) is 26.2 Å². The Kier molecular flexibility index (Phi) is 4.52. The third-order valence-corrected chi connectivity index (χ3v) is 3.17. The summed E-state index contributed by atoms with van der Waals surface area (Å²) in [7, 11) is 0. The molecule has 0 saturated heterocycles. The Morgan fingerprint density at radius 1 is 1.29 bits per heavy atom. The summed E-state index contributed by atoms with van der Waals surface area (Å²) < 4.78 is 1.58. The first-order valence-corrected chi connectivity index (χ1v) is 7.08. The summed E-state index contributed by atoms with van der Waals surface area (Å²) in [5.74, 6) is 0.865. The molecule has 0 aromatic carbocycles. The lowest BCUT2D eigenvalue weighted by molar-refractivity contribution is -0.384. The molecule has 1 N–H and O–H groups in total. The summed E-state index contributed by atoms with van der Waals surface area (Å²) in [6.45, 7) is 6.64. The Hall–Kier alpha value is -2.44. The topological polar surface area (TPSA) is 85.9 Å². The second-order valence-corrected chi connectivity index (χ2v) is 4.57. The molecule has 2 rings (SSSR count). The highest BCUT2D eigenvalue weighted by atomic mass is 16.6. The van der Waals surface area contributed by atoms with Crippen molar-refractivity contribution in [3.63, 3.8) is 0 Å². The predicted octanol–water partition coefficient (Wildman–Crippen LogP) is 2.73. The molecule has 2 aromatic rings. The van der Waals surface area contributed by atoms with Gasteiger partial charge < -0.3 is 5.32 Å². The van der Waals surface area contributed by atoms with E-state index in [1.807, 2.05) is 26.8 Å². The second kappa shape index (κ2) is 6.34. The summed E-state index contributed by atoms with van der Waals surface area (Å²) in [6, 6.07) is 5.04. The minimum absolute atomic E-state index is 0.0443. The van der Waals surface area contributed by atoms with Crippen molar-refractivity contribution >= 4 is 11.5 Å². The number of nitrogens with zero attached hydrogens (tertiary/aromatic N) is 4. The van der Waals surface area contributed by atoms with Crippen LogP contribution in [-0.2, 0) is 12.8 Å². The molecular formula is C14H19N5O2. The molecular weight excluding hydrogens is 270 g/mol. The summed E-state index contributed by atoms with van der Waals surface area (Å²) >= 11 is 0. The molecule has 0 bridgehead atoms. The first kappa shape index (κ1) is 15.0. The minimum Gasteiger partial charge on any atom is -0.370 e. The maximum absolute atomic E-state index is 11.2. The highest BCUT2D eigenvalue weighted by molar-refractivity contribution is 5.53. The quantitative estimate of drug-likeness (QED) is 0.652. The molecule has 21 heavy (non-hydrogen) atoms. The second-order valence-electron chi connectivity index (χ2n) is 4.57. The number of aryl methyl sites for hydroxylation is 2. The van der Waals surface area contributed by atoms with Crippen LogP contribution in [0.2, 0.25) is 0 Å². The number of aromatic nitrogens is 3. The van der Waals surface area contributed by atoms with Crippen LogP contribution in [0, 0.1) is 10.1 Å². The number of anilines is 1. The monoisotopic (exact) mass is 289 g/mol. The predicted molar refractivity (Wildman–Crippen MR) is 80.9 cm³/mol. The SMILES string of the molecule is CCNc1ccc([N+](=O)[O-])c(-n2nc(CC)cc2CC)n1. The fourth-order valence-corrected chi connectivity index (χ4v) is 2.10. The van der Waals surface area contributed by atoms with E-state index in [4.69, 9.17) is 0 Å². The van der Waals surface area contributed by atoms with E-state index >= 15 is 0 Å². The van der Waals surface area contributed by atoms with Gasteiger partial charge in [-0.05, 0) is 31.9 Å². The van der Waals surface area contributed by atoms with Gasteiger partial charge in [0.25, 0.3) is 0 Å². The zero-order chi connectivity index (χ0) is 15.4. The van der Waals surface area contributed by atoms with Crippen LogP contribution in [0.15, 0.2) is 18.2 Å². The molecule has 7 nitrogen and oxygen atoms in total. The van der Waals surface area contributed by atoms with Gasteiger partial charge in [-0.15, -0.1) is 0 Å². The van der Waals surface area contributed by atoms with Crippen molar-refractivity contribution in [1.29, 1.82) is 0 Å². The van der Waals surface area contributed by atoms with E-state index in [0.717, 1.165) is 24.2 Å². The van der Waals surface area contributed by atoms with Crippen LogP contribution in [0.4, 0.5) is 11.5 Å². The standard InChI is InChI=1S/C14H19N5O2/c1-4-10-9-11(5-2)18(17-10)14-12(19(20)21)7-8-13(16-14)15-6-3/h7-9H,4-6H2,1-3H3,(H,15,16). The van der Waals surface area contributed by atoms with Gasteiger partial charge in [0.2, 0.25) is 5.82 Å². The molecule has 0 spiro atoms. The van der Waals surface area contributed by atoms with Crippen molar-refractivity contribution < 1.29 is 4.92 Å². The maximum Gasteiger partial charge on any atom is 0.313 e. The van der Waals surface area contributed by atoms with Crippen LogP contribution >= 0.6 is 0 Å². The summed E-state index contributed by atoms with van der Waals surface area (Å²) in [4.78, 5) is 15.2. The summed E-state index contributed by atoms with van der Waals surface area (Å²) in [5.41, 5.74) is 1.77. The van der Waals surface area contributed by atoms with Gasteiger partial charge in [-0.25, -0.2) is 9.67 Å². The van der Waals surface area contributed by atoms with Gasteiger partial charge in [-0.2, -0.15) is 5.10 Å². The van der Waals surface area contributed by atoms with Crippen molar-refractivity contribution in [3.05, 3.63) is 39.7 Å². The Bertz CT molecular complexity index is 651. The molecule has 0 unspecified atom stereocenters. The molecule has 0 aliphatic rings. The van der Waals surface area contributed by atoms with Crippen LogP contribution in [0.5, 0.6) is 0 Å². The molecule has 0 fully saturated rings. The van der Waals surface area contributed by atoms with Crippen molar-refractivity contribution in [2.45, 2.75) is 33.6 Å². The Balaban J connectivity index is 2.61. The molecule has 0 amide bonds. The fraction of sp³-hybridized carbons (Fsp3) is 0.429. The molecule has 0 aliphatic heterocycles. The van der Waals surface area contributed by atoms with E-state index in [0.29, 0.717) is 12.4 Å². The molecule has 0 saturated carbocycles. The van der Waals surface area contributed by atoms with E-state index in [1.54, 1.807) is 10.7 Å². The molecule has 2 heterocycles. The molecule has 112 valence electrons. The number of hydrogen-bond acceptors (Lipinski definition) is 5. The number of nitro groups is 1. The highest BCUT2D eigenvalue weighted by Gasteiger charge is 2.21. The van der Waals surface area contributed by atoms with Crippen LogP contribution in [0.3, 0.4) is 0 Å². The zero-order valence-electron chi connectivity index (χ0n) is 12.5. The van der Waals surface area contributed by atoms with Crippen LogP contribution in [0.25, 0.3) is 5.82 Å². The van der Waals surface area contributed by atoms with Crippen molar-refractivity contribution in [2.75, 3.05) is 11.9 Å². The lowest BCUT2D eigenvalue weighted by atomic mass is 10.2. The van der Waals surface area contributed by atoms with Gasteiger partial charge >= 0.3 is 5.69 Å². The van der Waals surface area contributed by atoms with Gasteiger partial charge in [0.1, 0.15) is 5.82 Å². The van der Waals surface area contributed by atoms with Gasteiger partial charge in [-0.1, -0.05) is 13.8 Å². The number of nitrogens with one attached hydrogen (secondary N) is 1. The third kappa shape index (κ3) is 3.01.